The summed E-state index contributed by atoms with van der Waals surface area (Å²) in [6.07, 6.45) is 2.81. The first-order valence-corrected chi connectivity index (χ1v) is 9.23. The number of rotatable bonds is 4. The summed E-state index contributed by atoms with van der Waals surface area (Å²) in [6.45, 7) is 0.725. The molecule has 1 aliphatic rings. The van der Waals surface area contributed by atoms with Gasteiger partial charge in [-0.3, -0.25) is 9.59 Å². The summed E-state index contributed by atoms with van der Waals surface area (Å²) < 4.78 is 1.29. The number of aromatic nitrogens is 2. The number of hydrogen-bond donors (Lipinski definition) is 0. The Morgan fingerprint density at radius 3 is 2.41 bits per heavy atom. The summed E-state index contributed by atoms with van der Waals surface area (Å²) >= 11 is 0. The van der Waals surface area contributed by atoms with Crippen LogP contribution in [0, 0.1) is 0 Å². The Morgan fingerprint density at radius 1 is 0.963 bits per heavy atom. The molecule has 1 atom stereocenters. The van der Waals surface area contributed by atoms with Crippen LogP contribution in [0.1, 0.15) is 28.9 Å². The summed E-state index contributed by atoms with van der Waals surface area (Å²) in [5, 5.41) is 4.34. The molecule has 0 spiro atoms. The average molecular weight is 359 g/mol. The fraction of sp³-hybridized carbons (Fsp3) is 0.227. The molecule has 5 heteroatoms. The van der Waals surface area contributed by atoms with Crippen molar-refractivity contribution in [3.05, 3.63) is 94.4 Å². The van der Waals surface area contributed by atoms with Crippen LogP contribution in [0.3, 0.4) is 0 Å². The second-order valence-electron chi connectivity index (χ2n) is 6.79. The van der Waals surface area contributed by atoms with Gasteiger partial charge < -0.3 is 4.90 Å². The Bertz CT molecular complexity index is 983. The Labute approximate surface area is 157 Å². The maximum Gasteiger partial charge on any atom is 0.274 e. The Morgan fingerprint density at radius 2 is 1.67 bits per heavy atom. The van der Waals surface area contributed by atoms with Crippen LogP contribution >= 0.6 is 0 Å². The largest absolute Gasteiger partial charge is 0.334 e. The van der Waals surface area contributed by atoms with E-state index in [0.29, 0.717) is 11.4 Å². The van der Waals surface area contributed by atoms with Crippen LogP contribution in [-0.2, 0) is 6.42 Å². The summed E-state index contributed by atoms with van der Waals surface area (Å²) in [5.41, 5.74) is 1.93. The molecule has 0 bridgehead atoms. The molecule has 2 heterocycles. The molecular formula is C22H21N3O2. The highest BCUT2D eigenvalue weighted by Gasteiger charge is 2.30. The number of para-hydroxylation sites is 1. The van der Waals surface area contributed by atoms with Crippen molar-refractivity contribution in [2.75, 3.05) is 6.54 Å². The van der Waals surface area contributed by atoms with Crippen LogP contribution in [0.15, 0.2) is 77.6 Å². The fourth-order valence-electron chi connectivity index (χ4n) is 3.63. The number of likely N-dealkylation sites (tertiary alicyclic amines) is 1. The number of nitrogens with zero attached hydrogens (tertiary/aromatic N) is 3. The molecule has 0 saturated carbocycles. The van der Waals surface area contributed by atoms with Gasteiger partial charge in [-0.1, -0.05) is 48.5 Å². The number of carbonyl (C=O) groups excluding carboxylic acids is 1. The third-order valence-corrected chi connectivity index (χ3v) is 4.97. The zero-order valence-electron chi connectivity index (χ0n) is 15.0. The van der Waals surface area contributed by atoms with Crippen LogP contribution < -0.4 is 5.56 Å². The van der Waals surface area contributed by atoms with E-state index in [0.717, 1.165) is 25.8 Å². The van der Waals surface area contributed by atoms with Gasteiger partial charge in [0.25, 0.3) is 11.5 Å². The van der Waals surface area contributed by atoms with E-state index in [2.05, 4.69) is 17.2 Å². The molecule has 0 aliphatic carbocycles. The fourth-order valence-corrected chi connectivity index (χ4v) is 3.63. The first-order valence-electron chi connectivity index (χ1n) is 9.23. The highest BCUT2D eigenvalue weighted by molar-refractivity contribution is 5.92. The van der Waals surface area contributed by atoms with Crippen LogP contribution in [0.5, 0.6) is 0 Å². The van der Waals surface area contributed by atoms with Gasteiger partial charge in [0, 0.05) is 18.7 Å². The molecule has 27 heavy (non-hydrogen) atoms. The van der Waals surface area contributed by atoms with Gasteiger partial charge in [0.2, 0.25) is 0 Å². The van der Waals surface area contributed by atoms with Gasteiger partial charge in [0.05, 0.1) is 5.69 Å². The van der Waals surface area contributed by atoms with E-state index in [-0.39, 0.29) is 17.5 Å². The van der Waals surface area contributed by atoms with E-state index < -0.39 is 0 Å². The lowest BCUT2D eigenvalue weighted by Gasteiger charge is -2.24. The summed E-state index contributed by atoms with van der Waals surface area (Å²) in [7, 11) is 0. The molecule has 1 aromatic heterocycles. The minimum atomic E-state index is -0.250. The van der Waals surface area contributed by atoms with Gasteiger partial charge in [0.15, 0.2) is 0 Å². The second kappa shape index (κ2) is 7.58. The van der Waals surface area contributed by atoms with E-state index in [1.807, 2.05) is 41.3 Å². The van der Waals surface area contributed by atoms with E-state index in [4.69, 9.17) is 0 Å². The van der Waals surface area contributed by atoms with Gasteiger partial charge in [-0.15, -0.1) is 0 Å². The lowest BCUT2D eigenvalue weighted by atomic mass is 10.0. The van der Waals surface area contributed by atoms with E-state index in [9.17, 15) is 9.59 Å². The molecule has 1 saturated heterocycles. The highest BCUT2D eigenvalue weighted by atomic mass is 16.2. The van der Waals surface area contributed by atoms with Crippen LogP contribution in [0.2, 0.25) is 0 Å². The zero-order chi connectivity index (χ0) is 18.6. The molecule has 2 aromatic carbocycles. The third-order valence-electron chi connectivity index (χ3n) is 4.97. The van der Waals surface area contributed by atoms with E-state index in [1.165, 1.54) is 22.4 Å². The Balaban J connectivity index is 1.60. The second-order valence-corrected chi connectivity index (χ2v) is 6.79. The molecule has 1 unspecified atom stereocenters. The summed E-state index contributed by atoms with van der Waals surface area (Å²) in [4.78, 5) is 27.2. The Hall–Kier alpha value is -3.21. The minimum Gasteiger partial charge on any atom is -0.334 e. The van der Waals surface area contributed by atoms with Gasteiger partial charge >= 0.3 is 0 Å². The number of hydrogen-bond acceptors (Lipinski definition) is 3. The molecule has 0 radical (unpaired) electrons. The predicted octanol–water partition coefficient (Wildman–Crippen LogP) is 3.08. The van der Waals surface area contributed by atoms with Crippen molar-refractivity contribution in [1.82, 2.24) is 14.7 Å². The quantitative estimate of drug-likeness (QED) is 0.719. The lowest BCUT2D eigenvalue weighted by Crippen LogP contribution is -2.38. The number of carbonyl (C=O) groups is 1. The van der Waals surface area contributed by atoms with Crippen molar-refractivity contribution < 1.29 is 4.79 Å². The predicted molar refractivity (Wildman–Crippen MR) is 104 cm³/mol. The monoisotopic (exact) mass is 359 g/mol. The standard InChI is InChI=1S/C22H21N3O2/c26-21-14-13-20(23-25(21)18-10-5-2-6-11-18)22(27)24-15-7-12-19(24)16-17-8-3-1-4-9-17/h1-6,8-11,13-14,19H,7,12,15-16H2. The third kappa shape index (κ3) is 3.67. The van der Waals surface area contributed by atoms with Gasteiger partial charge in [-0.05, 0) is 43.0 Å². The SMILES string of the molecule is O=C(c1ccc(=O)n(-c2ccccc2)n1)N1CCCC1Cc1ccccc1. The number of benzene rings is 2. The van der Waals surface area contributed by atoms with E-state index in [1.54, 1.807) is 12.1 Å². The maximum absolute atomic E-state index is 13.1. The molecule has 1 aliphatic heterocycles. The van der Waals surface area contributed by atoms with Crippen molar-refractivity contribution >= 4 is 5.91 Å². The minimum absolute atomic E-state index is 0.113. The highest BCUT2D eigenvalue weighted by Crippen LogP contribution is 2.23. The van der Waals surface area contributed by atoms with Crippen LogP contribution in [0.25, 0.3) is 5.69 Å². The first kappa shape index (κ1) is 17.2. The molecule has 3 aromatic rings. The van der Waals surface area contributed by atoms with Crippen molar-refractivity contribution in [2.45, 2.75) is 25.3 Å². The molecular weight excluding hydrogens is 338 g/mol. The Kier molecular flexibility index (Phi) is 4.83. The average Bonchev–Trinajstić information content (AvgIpc) is 3.17. The molecule has 5 nitrogen and oxygen atoms in total. The smallest absolute Gasteiger partial charge is 0.274 e. The van der Waals surface area contributed by atoms with Crippen LogP contribution in [0.4, 0.5) is 0 Å². The van der Waals surface area contributed by atoms with Crippen LogP contribution in [-0.4, -0.2) is 33.2 Å². The lowest BCUT2D eigenvalue weighted by molar-refractivity contribution is 0.0728. The molecule has 136 valence electrons. The van der Waals surface area contributed by atoms with Crippen molar-refractivity contribution in [2.24, 2.45) is 0 Å². The maximum atomic E-state index is 13.1. The zero-order valence-corrected chi connectivity index (χ0v) is 15.0. The first-order chi connectivity index (χ1) is 13.2. The number of amides is 1. The van der Waals surface area contributed by atoms with Crippen molar-refractivity contribution in [3.63, 3.8) is 0 Å². The van der Waals surface area contributed by atoms with Gasteiger partial charge in [-0.2, -0.15) is 9.78 Å². The summed E-state index contributed by atoms with van der Waals surface area (Å²) in [6, 6.07) is 22.5. The summed E-state index contributed by atoms with van der Waals surface area (Å²) in [5.74, 6) is -0.113. The van der Waals surface area contributed by atoms with Gasteiger partial charge in [0.1, 0.15) is 5.69 Å². The topological polar surface area (TPSA) is 55.2 Å². The normalized spacial score (nSPS) is 16.4. The van der Waals surface area contributed by atoms with Gasteiger partial charge in [-0.25, -0.2) is 0 Å². The van der Waals surface area contributed by atoms with E-state index >= 15 is 0 Å². The van der Waals surface area contributed by atoms with Crippen molar-refractivity contribution in [3.8, 4) is 5.69 Å². The molecule has 1 fully saturated rings. The molecule has 0 N–H and O–H groups in total. The molecule has 1 amide bonds. The van der Waals surface area contributed by atoms with Crippen molar-refractivity contribution in [1.29, 1.82) is 0 Å². The molecule has 4 rings (SSSR count).